The van der Waals surface area contributed by atoms with Crippen LogP contribution in [0.4, 0.5) is 11.4 Å². The van der Waals surface area contributed by atoms with Gasteiger partial charge in [-0.2, -0.15) is 0 Å². The number of benzene rings is 4. The predicted molar refractivity (Wildman–Crippen MR) is 133 cm³/mol. The Morgan fingerprint density at radius 2 is 1.38 bits per heavy atom. The van der Waals surface area contributed by atoms with E-state index >= 15 is 0 Å². The van der Waals surface area contributed by atoms with Crippen LogP contribution < -0.4 is 15.2 Å². The topological polar surface area (TPSA) is 56.8 Å². The second-order valence-corrected chi connectivity index (χ2v) is 7.14. The Hall–Kier alpha value is -4.31. The average molecular weight is 421 g/mol. The summed E-state index contributed by atoms with van der Waals surface area (Å²) in [6, 6.07) is 31.3. The van der Waals surface area contributed by atoms with E-state index < -0.39 is 0 Å². The number of nitrogens with zero attached hydrogens (tertiary/aromatic N) is 1. The van der Waals surface area contributed by atoms with Gasteiger partial charge < -0.3 is 15.2 Å². The lowest BCUT2D eigenvalue weighted by molar-refractivity contribution is 0.416. The third-order valence-corrected chi connectivity index (χ3v) is 4.89. The Morgan fingerprint density at radius 1 is 0.719 bits per heavy atom. The summed E-state index contributed by atoms with van der Waals surface area (Å²) in [7, 11) is 1.64. The summed E-state index contributed by atoms with van der Waals surface area (Å²) in [5, 5.41) is 0. The molecule has 0 aliphatic heterocycles. The first kappa shape index (κ1) is 20.9. The van der Waals surface area contributed by atoms with Gasteiger partial charge in [0.2, 0.25) is 0 Å². The quantitative estimate of drug-likeness (QED) is 0.204. The van der Waals surface area contributed by atoms with Crippen LogP contribution in [-0.4, -0.2) is 13.3 Å². The van der Waals surface area contributed by atoms with Crippen molar-refractivity contribution in [2.24, 2.45) is 4.99 Å². The minimum Gasteiger partial charge on any atom is -0.496 e. The SMILES string of the molecule is COc1ccc(N)cc1-c1cc(N=Cc2ccccc2)ccc1O/C=C\c1ccccc1. The van der Waals surface area contributed by atoms with Crippen LogP contribution in [0.1, 0.15) is 11.1 Å². The largest absolute Gasteiger partial charge is 0.496 e. The van der Waals surface area contributed by atoms with Crippen molar-refractivity contribution in [1.82, 2.24) is 0 Å². The molecule has 0 aromatic heterocycles. The van der Waals surface area contributed by atoms with E-state index in [1.165, 1.54) is 0 Å². The van der Waals surface area contributed by atoms with Crippen molar-refractivity contribution in [2.45, 2.75) is 0 Å². The zero-order valence-corrected chi connectivity index (χ0v) is 17.8. The number of anilines is 1. The first-order valence-corrected chi connectivity index (χ1v) is 10.3. The zero-order valence-electron chi connectivity index (χ0n) is 17.8. The summed E-state index contributed by atoms with van der Waals surface area (Å²) >= 11 is 0. The van der Waals surface area contributed by atoms with Crippen LogP contribution in [0.5, 0.6) is 11.5 Å². The molecule has 0 aliphatic rings. The molecule has 4 aromatic carbocycles. The molecular weight excluding hydrogens is 396 g/mol. The van der Waals surface area contributed by atoms with Gasteiger partial charge in [0.1, 0.15) is 11.5 Å². The minimum atomic E-state index is 0.643. The zero-order chi connectivity index (χ0) is 22.2. The lowest BCUT2D eigenvalue weighted by atomic mass is 10.0. The molecule has 4 rings (SSSR count). The van der Waals surface area contributed by atoms with Crippen LogP contribution >= 0.6 is 0 Å². The number of rotatable bonds is 7. The molecule has 4 nitrogen and oxygen atoms in total. The Kier molecular flexibility index (Phi) is 6.63. The van der Waals surface area contributed by atoms with Crippen LogP contribution in [0.25, 0.3) is 17.2 Å². The molecule has 0 bridgehead atoms. The number of nitrogens with two attached hydrogens (primary N) is 1. The van der Waals surface area contributed by atoms with Crippen LogP contribution in [0.3, 0.4) is 0 Å². The van der Waals surface area contributed by atoms with Gasteiger partial charge in [-0.3, -0.25) is 4.99 Å². The number of hydrogen-bond acceptors (Lipinski definition) is 4. The van der Waals surface area contributed by atoms with Crippen molar-refractivity contribution in [2.75, 3.05) is 12.8 Å². The van der Waals surface area contributed by atoms with Crippen LogP contribution in [0, 0.1) is 0 Å². The summed E-state index contributed by atoms with van der Waals surface area (Å²) in [6.07, 6.45) is 5.44. The van der Waals surface area contributed by atoms with Crippen molar-refractivity contribution in [3.63, 3.8) is 0 Å². The van der Waals surface area contributed by atoms with E-state index in [9.17, 15) is 0 Å². The summed E-state index contributed by atoms with van der Waals surface area (Å²) in [5.41, 5.74) is 11.3. The van der Waals surface area contributed by atoms with E-state index in [1.54, 1.807) is 13.4 Å². The maximum absolute atomic E-state index is 6.08. The fraction of sp³-hybridized carbons (Fsp3) is 0.0357. The molecule has 0 unspecified atom stereocenters. The van der Waals surface area contributed by atoms with Crippen molar-refractivity contribution < 1.29 is 9.47 Å². The molecule has 0 atom stereocenters. The predicted octanol–water partition coefficient (Wildman–Crippen LogP) is 6.74. The highest BCUT2D eigenvalue weighted by Crippen LogP contribution is 2.40. The lowest BCUT2D eigenvalue weighted by Gasteiger charge is -2.14. The molecule has 4 aromatic rings. The highest BCUT2D eigenvalue weighted by molar-refractivity contribution is 5.84. The molecule has 0 aliphatic carbocycles. The van der Waals surface area contributed by atoms with Gasteiger partial charge in [0.05, 0.1) is 19.1 Å². The van der Waals surface area contributed by atoms with Crippen molar-refractivity contribution in [3.05, 3.63) is 114 Å². The van der Waals surface area contributed by atoms with Gasteiger partial charge in [-0.1, -0.05) is 60.7 Å². The number of methoxy groups -OCH3 is 1. The van der Waals surface area contributed by atoms with Crippen LogP contribution in [0.2, 0.25) is 0 Å². The molecule has 0 saturated heterocycles. The molecule has 0 amide bonds. The molecule has 2 N–H and O–H groups in total. The lowest BCUT2D eigenvalue weighted by Crippen LogP contribution is -1.94. The molecule has 0 fully saturated rings. The van der Waals surface area contributed by atoms with Crippen molar-refractivity contribution in [3.8, 4) is 22.6 Å². The molecular formula is C28H24N2O2. The summed E-state index contributed by atoms with van der Waals surface area (Å²) in [6.45, 7) is 0. The average Bonchev–Trinajstić information content (AvgIpc) is 2.84. The summed E-state index contributed by atoms with van der Waals surface area (Å²) in [5.74, 6) is 1.39. The number of hydrogen-bond donors (Lipinski definition) is 1. The van der Waals surface area contributed by atoms with E-state index in [0.29, 0.717) is 17.2 Å². The first-order valence-electron chi connectivity index (χ1n) is 10.3. The number of aliphatic imine (C=N–C) groups is 1. The van der Waals surface area contributed by atoms with E-state index in [4.69, 9.17) is 15.2 Å². The maximum atomic E-state index is 6.08. The fourth-order valence-corrected chi connectivity index (χ4v) is 3.29. The van der Waals surface area contributed by atoms with Gasteiger partial charge in [0.15, 0.2) is 0 Å². The van der Waals surface area contributed by atoms with Gasteiger partial charge >= 0.3 is 0 Å². The second kappa shape index (κ2) is 10.1. The fourth-order valence-electron chi connectivity index (χ4n) is 3.29. The number of nitrogen functional groups attached to an aromatic ring is 1. The Morgan fingerprint density at radius 3 is 2.09 bits per heavy atom. The van der Waals surface area contributed by atoms with Crippen LogP contribution in [0.15, 0.2) is 108 Å². The van der Waals surface area contributed by atoms with Crippen LogP contribution in [-0.2, 0) is 0 Å². The van der Waals surface area contributed by atoms with Gasteiger partial charge in [-0.15, -0.1) is 0 Å². The normalized spacial score (nSPS) is 11.2. The molecule has 0 heterocycles. The molecule has 0 saturated carbocycles. The van der Waals surface area contributed by atoms with Gasteiger partial charge in [0, 0.05) is 23.0 Å². The molecule has 0 radical (unpaired) electrons. The van der Waals surface area contributed by atoms with E-state index in [-0.39, 0.29) is 0 Å². The highest BCUT2D eigenvalue weighted by atomic mass is 16.5. The van der Waals surface area contributed by atoms with Gasteiger partial charge in [-0.05, 0) is 53.6 Å². The third-order valence-electron chi connectivity index (χ3n) is 4.89. The van der Waals surface area contributed by atoms with Gasteiger partial charge in [0.25, 0.3) is 0 Å². The van der Waals surface area contributed by atoms with Crippen molar-refractivity contribution in [1.29, 1.82) is 0 Å². The Bertz CT molecular complexity index is 1230. The summed E-state index contributed by atoms with van der Waals surface area (Å²) in [4.78, 5) is 4.64. The second-order valence-electron chi connectivity index (χ2n) is 7.14. The van der Waals surface area contributed by atoms with E-state index in [0.717, 1.165) is 27.9 Å². The Balaban J connectivity index is 1.71. The maximum Gasteiger partial charge on any atom is 0.134 e. The molecule has 32 heavy (non-hydrogen) atoms. The highest BCUT2D eigenvalue weighted by Gasteiger charge is 2.13. The molecule has 0 spiro atoms. The molecule has 158 valence electrons. The monoisotopic (exact) mass is 420 g/mol. The van der Waals surface area contributed by atoms with Gasteiger partial charge in [-0.25, -0.2) is 0 Å². The van der Waals surface area contributed by atoms with E-state index in [2.05, 4.69) is 4.99 Å². The smallest absolute Gasteiger partial charge is 0.134 e. The minimum absolute atomic E-state index is 0.643. The van der Waals surface area contributed by atoms with E-state index in [1.807, 2.05) is 109 Å². The third kappa shape index (κ3) is 5.24. The first-order chi connectivity index (χ1) is 15.7. The standard InChI is InChI=1S/C28H24N2O2/c1-31-27-14-12-23(29)18-25(27)26-19-24(30-20-22-10-6-3-7-11-22)13-15-28(26)32-17-16-21-8-4-2-5-9-21/h2-20H,29H2,1H3/b17-16-,30-20?. The van der Waals surface area contributed by atoms with Crippen molar-refractivity contribution >= 4 is 23.7 Å². The summed E-state index contributed by atoms with van der Waals surface area (Å²) < 4.78 is 11.6. The molecule has 4 heteroatoms. The Labute approximate surface area is 188 Å². The number of ether oxygens (including phenoxy) is 2.